The van der Waals surface area contributed by atoms with E-state index >= 15 is 4.39 Å². The minimum absolute atomic E-state index is 0.0233. The molecule has 7 nitrogen and oxygen atoms in total. The highest BCUT2D eigenvalue weighted by Gasteiger charge is 2.47. The molecule has 10 heteroatoms. The van der Waals surface area contributed by atoms with Gasteiger partial charge in [-0.25, -0.2) is 4.39 Å². The number of piperidine rings is 1. The number of nitrogens with one attached hydrogen (secondary N) is 1. The van der Waals surface area contributed by atoms with E-state index in [9.17, 15) is 9.90 Å². The second-order valence-electron chi connectivity index (χ2n) is 12.0. The van der Waals surface area contributed by atoms with Gasteiger partial charge in [-0.2, -0.15) is 0 Å². The van der Waals surface area contributed by atoms with Crippen molar-refractivity contribution in [3.63, 3.8) is 0 Å². The fourth-order valence-electron chi connectivity index (χ4n) is 4.79. The van der Waals surface area contributed by atoms with Crippen LogP contribution in [0.15, 0.2) is 30.3 Å². The molecule has 0 aliphatic carbocycles. The summed E-state index contributed by atoms with van der Waals surface area (Å²) >= 11 is 6.45. The molecule has 1 saturated heterocycles. The number of nitrogens with zero attached hydrogens (tertiary/aromatic N) is 1. The van der Waals surface area contributed by atoms with Gasteiger partial charge in [0.15, 0.2) is 8.32 Å². The maximum absolute atomic E-state index is 15.1. The molecule has 2 atom stereocenters. The quantitative estimate of drug-likeness (QED) is 0.405. The van der Waals surface area contributed by atoms with E-state index in [1.807, 2.05) is 24.3 Å². The fourth-order valence-corrected chi connectivity index (χ4v) is 6.43. The number of methoxy groups -OCH3 is 1. The molecule has 2 aromatic rings. The van der Waals surface area contributed by atoms with Crippen LogP contribution < -0.4 is 19.7 Å². The summed E-state index contributed by atoms with van der Waals surface area (Å²) in [5.74, 6) is 0.176. The first-order valence-corrected chi connectivity index (χ1v) is 16.7. The fraction of sp³-hybridized carbons (Fsp3) is 0.552. The van der Waals surface area contributed by atoms with Gasteiger partial charge in [-0.1, -0.05) is 44.5 Å². The standard InChI is InChI=1S/C29H40ClFN2O5Si/c1-28(2,3)39(5,6)38-24-16-32-14-13-29(24,35)18-37-23-15-22(31)26(30)27-21(23)11-12-25(34)33(27)17-19-7-9-20(36-4)10-8-19/h7-10,15,24,32,35H,11-14,16-18H2,1-6H3/t24-,29-/m1/s1. The van der Waals surface area contributed by atoms with Gasteiger partial charge in [0, 0.05) is 24.6 Å². The van der Waals surface area contributed by atoms with Crippen molar-refractivity contribution in [2.75, 3.05) is 31.7 Å². The molecule has 0 radical (unpaired) electrons. The van der Waals surface area contributed by atoms with Gasteiger partial charge in [0.2, 0.25) is 5.91 Å². The van der Waals surface area contributed by atoms with Gasteiger partial charge >= 0.3 is 0 Å². The third-order valence-corrected chi connectivity index (χ3v) is 13.1. The molecule has 0 saturated carbocycles. The first-order chi connectivity index (χ1) is 18.3. The summed E-state index contributed by atoms with van der Waals surface area (Å²) in [6, 6.07) is 8.61. The van der Waals surface area contributed by atoms with Crippen molar-refractivity contribution in [3.8, 4) is 11.5 Å². The number of hydrogen-bond acceptors (Lipinski definition) is 6. The summed E-state index contributed by atoms with van der Waals surface area (Å²) in [5, 5.41) is 14.9. The third-order valence-electron chi connectivity index (χ3n) is 8.30. The van der Waals surface area contributed by atoms with Crippen LogP contribution in [0.3, 0.4) is 0 Å². The van der Waals surface area contributed by atoms with Crippen molar-refractivity contribution in [2.45, 2.75) is 76.4 Å². The Hall–Kier alpha value is -2.17. The van der Waals surface area contributed by atoms with Crippen LogP contribution in [0, 0.1) is 5.82 Å². The van der Waals surface area contributed by atoms with E-state index in [-0.39, 0.29) is 41.3 Å². The molecule has 0 aromatic heterocycles. The maximum Gasteiger partial charge on any atom is 0.227 e. The van der Waals surface area contributed by atoms with Gasteiger partial charge < -0.3 is 29.2 Å². The Labute approximate surface area is 236 Å². The Kier molecular flexibility index (Phi) is 8.69. The molecular formula is C29H40ClFN2O5Si. The SMILES string of the molecule is COc1ccc(CN2C(=O)CCc3c(OC[C@]4(O)CCNC[C@H]4O[Si](C)(C)C(C)(C)C)cc(F)c(Cl)c32)cc1. The maximum atomic E-state index is 15.1. The number of ether oxygens (including phenoxy) is 2. The Balaban J connectivity index is 1.61. The highest BCUT2D eigenvalue weighted by atomic mass is 35.5. The lowest BCUT2D eigenvalue weighted by Gasteiger charge is -2.46. The van der Waals surface area contributed by atoms with Crippen LogP contribution in [0.2, 0.25) is 23.2 Å². The van der Waals surface area contributed by atoms with Crippen molar-refractivity contribution in [3.05, 3.63) is 52.3 Å². The Morgan fingerprint density at radius 3 is 2.56 bits per heavy atom. The van der Waals surface area contributed by atoms with Crippen molar-refractivity contribution in [1.29, 1.82) is 0 Å². The highest BCUT2D eigenvalue weighted by Crippen LogP contribution is 2.44. The van der Waals surface area contributed by atoms with Crippen molar-refractivity contribution < 1.29 is 28.2 Å². The van der Waals surface area contributed by atoms with Gasteiger partial charge in [-0.15, -0.1) is 0 Å². The van der Waals surface area contributed by atoms with E-state index in [1.165, 1.54) is 11.0 Å². The monoisotopic (exact) mass is 578 g/mol. The van der Waals surface area contributed by atoms with E-state index < -0.39 is 25.8 Å². The molecule has 0 bridgehead atoms. The number of hydrogen-bond donors (Lipinski definition) is 2. The van der Waals surface area contributed by atoms with Crippen molar-refractivity contribution in [1.82, 2.24) is 5.32 Å². The van der Waals surface area contributed by atoms with Crippen molar-refractivity contribution >= 4 is 31.5 Å². The Bertz CT molecular complexity index is 1200. The average Bonchev–Trinajstić information content (AvgIpc) is 2.88. The summed E-state index contributed by atoms with van der Waals surface area (Å²) in [7, 11) is -0.586. The number of anilines is 1. The lowest BCUT2D eigenvalue weighted by Crippen LogP contribution is -2.62. The lowest BCUT2D eigenvalue weighted by atomic mass is 9.90. The second-order valence-corrected chi connectivity index (χ2v) is 17.2. The van der Waals surface area contributed by atoms with Crippen molar-refractivity contribution in [2.24, 2.45) is 0 Å². The average molecular weight is 579 g/mol. The summed E-state index contributed by atoms with van der Waals surface area (Å²) < 4.78 is 33.2. The molecule has 4 rings (SSSR count). The number of fused-ring (bicyclic) bond motifs is 1. The highest BCUT2D eigenvalue weighted by molar-refractivity contribution is 6.74. The molecule has 0 spiro atoms. The normalized spacial score (nSPS) is 22.0. The lowest BCUT2D eigenvalue weighted by molar-refractivity contribution is -0.119. The van der Waals surface area contributed by atoms with Gasteiger partial charge in [0.25, 0.3) is 0 Å². The molecule has 39 heavy (non-hydrogen) atoms. The van der Waals surface area contributed by atoms with E-state index in [4.69, 9.17) is 25.5 Å². The van der Waals surface area contributed by atoms with E-state index in [2.05, 4.69) is 39.2 Å². The number of carbonyl (C=O) groups excluding carboxylic acids is 1. The predicted octanol–water partition coefficient (Wildman–Crippen LogP) is 5.46. The number of rotatable bonds is 8. The molecule has 2 aromatic carbocycles. The van der Waals surface area contributed by atoms with Gasteiger partial charge in [-0.3, -0.25) is 4.79 Å². The van der Waals surface area contributed by atoms with Gasteiger partial charge in [-0.05, 0) is 55.2 Å². The van der Waals surface area contributed by atoms with Crippen LogP contribution in [0.5, 0.6) is 11.5 Å². The van der Waals surface area contributed by atoms with Crippen LogP contribution in [0.1, 0.15) is 44.7 Å². The predicted molar refractivity (Wildman–Crippen MR) is 154 cm³/mol. The number of carbonyl (C=O) groups is 1. The Morgan fingerprint density at radius 1 is 1.23 bits per heavy atom. The summed E-state index contributed by atoms with van der Waals surface area (Å²) in [4.78, 5) is 14.5. The minimum Gasteiger partial charge on any atom is -0.497 e. The smallest absolute Gasteiger partial charge is 0.227 e. The molecule has 214 valence electrons. The molecule has 2 N–H and O–H groups in total. The van der Waals surface area contributed by atoms with Gasteiger partial charge in [0.05, 0.1) is 25.4 Å². The molecule has 0 unspecified atom stereocenters. The first-order valence-electron chi connectivity index (χ1n) is 13.4. The number of aliphatic hydroxyl groups is 1. The zero-order chi connectivity index (χ0) is 28.6. The largest absolute Gasteiger partial charge is 0.497 e. The zero-order valence-electron chi connectivity index (χ0n) is 23.7. The van der Waals surface area contributed by atoms with E-state index in [1.54, 1.807) is 7.11 Å². The van der Waals surface area contributed by atoms with Crippen LogP contribution in [-0.4, -0.2) is 57.8 Å². The molecule has 1 fully saturated rings. The number of benzene rings is 2. The summed E-state index contributed by atoms with van der Waals surface area (Å²) in [6.45, 7) is 12.1. The third kappa shape index (κ3) is 6.28. The second kappa shape index (κ2) is 11.4. The van der Waals surface area contributed by atoms with Crippen LogP contribution in [0.25, 0.3) is 0 Å². The minimum atomic E-state index is -2.17. The summed E-state index contributed by atoms with van der Waals surface area (Å²) in [6.07, 6.45) is 0.583. The zero-order valence-corrected chi connectivity index (χ0v) is 25.5. The van der Waals surface area contributed by atoms with Crippen LogP contribution >= 0.6 is 11.6 Å². The topological polar surface area (TPSA) is 80.3 Å². The molecule has 2 aliphatic rings. The van der Waals surface area contributed by atoms with Gasteiger partial charge in [0.1, 0.15) is 34.5 Å². The molecule has 1 amide bonds. The first kappa shape index (κ1) is 29.8. The molecule has 2 aliphatic heterocycles. The van der Waals surface area contributed by atoms with E-state index in [0.717, 1.165) is 5.56 Å². The summed E-state index contributed by atoms with van der Waals surface area (Å²) in [5.41, 5.74) is 0.588. The van der Waals surface area contributed by atoms with Crippen LogP contribution in [-0.2, 0) is 22.2 Å². The number of halogens is 2. The number of amides is 1. The van der Waals surface area contributed by atoms with Crippen LogP contribution in [0.4, 0.5) is 10.1 Å². The van der Waals surface area contributed by atoms with E-state index in [0.29, 0.717) is 42.9 Å². The molecular weight excluding hydrogens is 539 g/mol. The molecule has 2 heterocycles. The Morgan fingerprint density at radius 2 is 1.92 bits per heavy atom.